The molecule has 2 aromatic carbocycles. The number of anilines is 1. The number of amides is 1. The van der Waals surface area contributed by atoms with Gasteiger partial charge in [-0.1, -0.05) is 58.6 Å². The van der Waals surface area contributed by atoms with Crippen LogP contribution in [0, 0.1) is 22.2 Å². The number of ether oxygens (including phenoxy) is 1. The van der Waals surface area contributed by atoms with Crippen LogP contribution >= 0.6 is 11.6 Å². The zero-order valence-electron chi connectivity index (χ0n) is 25.0. The first kappa shape index (κ1) is 31.2. The number of carbonyl (C=O) groups excluding carboxylic acids is 1. The average molecular weight is 581 g/mol. The second-order valence-electron chi connectivity index (χ2n) is 12.7. The quantitative estimate of drug-likeness (QED) is 0.304. The Kier molecular flexibility index (Phi) is 10.2. The molecule has 1 heterocycles. The third-order valence-corrected chi connectivity index (χ3v) is 9.24. The Labute approximate surface area is 250 Å². The van der Waals surface area contributed by atoms with E-state index in [1.165, 1.54) is 19.3 Å². The fourth-order valence-electron chi connectivity index (χ4n) is 6.84. The van der Waals surface area contributed by atoms with E-state index in [0.717, 1.165) is 51.3 Å². The van der Waals surface area contributed by atoms with E-state index in [-0.39, 0.29) is 28.9 Å². The number of nitrogens with one attached hydrogen (secondary N) is 1. The van der Waals surface area contributed by atoms with Gasteiger partial charge in [0.1, 0.15) is 17.9 Å². The zero-order chi connectivity index (χ0) is 29.6. The first-order valence-corrected chi connectivity index (χ1v) is 15.3. The lowest BCUT2D eigenvalue weighted by Gasteiger charge is -2.63. The Hall–Kier alpha value is -2.79. The average Bonchev–Trinajstić information content (AvgIpc) is 2.96. The number of aliphatic hydroxyl groups excluding tert-OH is 1. The molecule has 0 bridgehead atoms. The van der Waals surface area contributed by atoms with Crippen LogP contribution in [0.4, 0.5) is 5.69 Å². The smallest absolute Gasteiger partial charge is 0.251 e. The summed E-state index contributed by atoms with van der Waals surface area (Å²) in [5.74, 6) is 0.543. The topological polar surface area (TPSA) is 88.8 Å². The minimum atomic E-state index is -0.307. The first-order chi connectivity index (χ1) is 19.6. The maximum atomic E-state index is 13.3. The van der Waals surface area contributed by atoms with Gasteiger partial charge in [0.05, 0.1) is 10.6 Å². The molecule has 41 heavy (non-hydrogen) atoms. The van der Waals surface area contributed by atoms with E-state index in [9.17, 15) is 4.79 Å². The molecule has 1 aliphatic carbocycles. The first-order valence-electron chi connectivity index (χ1n) is 14.9. The van der Waals surface area contributed by atoms with Crippen LogP contribution in [0.25, 0.3) is 0 Å². The van der Waals surface area contributed by atoms with E-state index in [1.54, 1.807) is 18.2 Å². The lowest BCUT2D eigenvalue weighted by atomic mass is 9.49. The van der Waals surface area contributed by atoms with Crippen LogP contribution in [-0.4, -0.2) is 67.4 Å². The molecule has 8 heteroatoms. The van der Waals surface area contributed by atoms with E-state index < -0.39 is 0 Å². The molecule has 0 unspecified atom stereocenters. The zero-order valence-corrected chi connectivity index (χ0v) is 25.7. The normalized spacial score (nSPS) is 21.5. The number of halogens is 1. The van der Waals surface area contributed by atoms with Gasteiger partial charge in [0.2, 0.25) is 0 Å². The van der Waals surface area contributed by atoms with Crippen LogP contribution < -0.4 is 15.0 Å². The van der Waals surface area contributed by atoms with Crippen molar-refractivity contribution in [1.29, 1.82) is 5.26 Å². The van der Waals surface area contributed by atoms with Crippen LogP contribution in [0.3, 0.4) is 0 Å². The van der Waals surface area contributed by atoms with Crippen molar-refractivity contribution in [2.75, 3.05) is 44.2 Å². The molecule has 222 valence electrons. The predicted molar refractivity (Wildman–Crippen MR) is 165 cm³/mol. The summed E-state index contributed by atoms with van der Waals surface area (Å²) in [4.78, 5) is 18.2. The molecular weight excluding hydrogens is 536 g/mol. The number of benzene rings is 2. The summed E-state index contributed by atoms with van der Waals surface area (Å²) in [6, 6.07) is 15.1. The minimum Gasteiger partial charge on any atom is -0.489 e. The van der Waals surface area contributed by atoms with Gasteiger partial charge in [0.25, 0.3) is 5.91 Å². The number of carbonyl (C=O) groups is 1. The van der Waals surface area contributed by atoms with Crippen molar-refractivity contribution in [2.45, 2.75) is 71.9 Å². The summed E-state index contributed by atoms with van der Waals surface area (Å²) < 4.78 is 6.35. The highest BCUT2D eigenvalue weighted by atomic mass is 35.5. The van der Waals surface area contributed by atoms with Crippen molar-refractivity contribution >= 4 is 23.2 Å². The standard InChI is InChI=1S/C33H45ClN4O3/c1-32(2)30(33(3,4)31(32)41-27-15-12-25(23-35)28(34)22-27)36-29(40)24-10-13-26(14-11-24)38-19-17-37(18-20-38)16-8-6-5-7-9-21-39/h10-15,22,30-31,39H,5-9,16-21H2,1-4H3,(H,36,40). The Balaban J connectivity index is 1.27. The molecule has 7 nitrogen and oxygen atoms in total. The molecule has 1 saturated carbocycles. The minimum absolute atomic E-state index is 0.0774. The van der Waals surface area contributed by atoms with Gasteiger partial charge in [-0.3, -0.25) is 9.69 Å². The van der Waals surface area contributed by atoms with Crippen molar-refractivity contribution in [1.82, 2.24) is 10.2 Å². The van der Waals surface area contributed by atoms with Gasteiger partial charge in [-0.2, -0.15) is 5.26 Å². The van der Waals surface area contributed by atoms with Crippen molar-refractivity contribution in [3.63, 3.8) is 0 Å². The van der Waals surface area contributed by atoms with Gasteiger partial charge in [-0.15, -0.1) is 0 Å². The second kappa shape index (κ2) is 13.5. The number of rotatable bonds is 12. The number of hydrogen-bond donors (Lipinski definition) is 2. The van der Waals surface area contributed by atoms with Gasteiger partial charge in [-0.25, -0.2) is 0 Å². The van der Waals surface area contributed by atoms with Gasteiger partial charge in [0, 0.05) is 67.0 Å². The molecule has 1 amide bonds. The van der Waals surface area contributed by atoms with Crippen LogP contribution in [0.1, 0.15) is 75.7 Å². The molecule has 0 aromatic heterocycles. The maximum absolute atomic E-state index is 13.3. The van der Waals surface area contributed by atoms with E-state index in [4.69, 9.17) is 26.7 Å². The maximum Gasteiger partial charge on any atom is 0.251 e. The van der Waals surface area contributed by atoms with E-state index in [0.29, 0.717) is 28.5 Å². The molecule has 0 radical (unpaired) electrons. The molecule has 1 aliphatic heterocycles. The molecular formula is C33H45ClN4O3. The molecule has 1 saturated heterocycles. The Morgan fingerprint density at radius 1 is 1.00 bits per heavy atom. The van der Waals surface area contributed by atoms with E-state index >= 15 is 0 Å². The second-order valence-corrected chi connectivity index (χ2v) is 13.1. The van der Waals surface area contributed by atoms with Gasteiger partial charge in [-0.05, 0) is 55.8 Å². The van der Waals surface area contributed by atoms with Crippen molar-refractivity contribution in [3.8, 4) is 11.8 Å². The van der Waals surface area contributed by atoms with Gasteiger partial charge < -0.3 is 20.1 Å². The van der Waals surface area contributed by atoms with Crippen LogP contribution in [0.2, 0.25) is 5.02 Å². The van der Waals surface area contributed by atoms with E-state index in [2.05, 4.69) is 61.0 Å². The number of piperazine rings is 1. The molecule has 2 aliphatic rings. The summed E-state index contributed by atoms with van der Waals surface area (Å²) >= 11 is 6.21. The molecule has 0 atom stereocenters. The number of nitrogens with zero attached hydrogens (tertiary/aromatic N) is 3. The number of nitriles is 1. The highest BCUT2D eigenvalue weighted by Gasteiger charge is 2.64. The molecule has 2 fully saturated rings. The number of hydrogen-bond acceptors (Lipinski definition) is 6. The van der Waals surface area contributed by atoms with Gasteiger partial charge in [0.15, 0.2) is 0 Å². The van der Waals surface area contributed by atoms with Crippen molar-refractivity contribution in [3.05, 3.63) is 58.6 Å². The molecule has 4 rings (SSSR count). The van der Waals surface area contributed by atoms with Crippen LogP contribution in [-0.2, 0) is 0 Å². The fraction of sp³-hybridized carbons (Fsp3) is 0.576. The summed E-state index contributed by atoms with van der Waals surface area (Å²) in [6.07, 6.45) is 5.57. The lowest BCUT2D eigenvalue weighted by molar-refractivity contribution is -0.164. The van der Waals surface area contributed by atoms with E-state index in [1.807, 2.05) is 12.1 Å². The largest absolute Gasteiger partial charge is 0.489 e. The summed E-state index contributed by atoms with van der Waals surface area (Å²) in [5.41, 5.74) is 1.62. The van der Waals surface area contributed by atoms with Crippen molar-refractivity contribution in [2.24, 2.45) is 10.8 Å². The Bertz CT molecular complexity index is 1200. The summed E-state index contributed by atoms with van der Waals surface area (Å²) in [6.45, 7) is 14.0. The highest BCUT2D eigenvalue weighted by Crippen LogP contribution is 2.55. The Morgan fingerprint density at radius 2 is 1.63 bits per heavy atom. The highest BCUT2D eigenvalue weighted by molar-refractivity contribution is 6.31. The van der Waals surface area contributed by atoms with Gasteiger partial charge >= 0.3 is 0 Å². The fourth-order valence-corrected chi connectivity index (χ4v) is 7.05. The summed E-state index contributed by atoms with van der Waals surface area (Å²) in [7, 11) is 0. The van der Waals surface area contributed by atoms with Crippen LogP contribution in [0.5, 0.6) is 5.75 Å². The predicted octanol–water partition coefficient (Wildman–Crippen LogP) is 5.89. The molecule has 2 aromatic rings. The number of aliphatic hydroxyl groups is 1. The number of unbranched alkanes of at least 4 members (excludes halogenated alkanes) is 4. The Morgan fingerprint density at radius 3 is 2.24 bits per heavy atom. The summed E-state index contributed by atoms with van der Waals surface area (Å²) in [5, 5.41) is 21.7. The van der Waals surface area contributed by atoms with Crippen LogP contribution in [0.15, 0.2) is 42.5 Å². The molecule has 2 N–H and O–H groups in total. The SMILES string of the molecule is CC1(C)C(NC(=O)c2ccc(N3CCN(CCCCCCCO)CC3)cc2)C(C)(C)C1Oc1ccc(C#N)c(Cl)c1. The van der Waals surface area contributed by atoms with Crippen molar-refractivity contribution < 1.29 is 14.6 Å². The lowest BCUT2D eigenvalue weighted by Crippen LogP contribution is -2.74. The third kappa shape index (κ3) is 7.17. The third-order valence-electron chi connectivity index (χ3n) is 8.93. The molecule has 0 spiro atoms. The monoisotopic (exact) mass is 580 g/mol.